The summed E-state index contributed by atoms with van der Waals surface area (Å²) in [7, 11) is 0. The Hall–Kier alpha value is -4.07. The molecule has 0 spiro atoms. The molecule has 3 aromatic carbocycles. The quantitative estimate of drug-likeness (QED) is 0.369. The average Bonchev–Trinajstić information content (AvgIpc) is 3.59. The molecule has 2 aliphatic rings. The highest BCUT2D eigenvalue weighted by atomic mass is 16.7. The van der Waals surface area contributed by atoms with Crippen LogP contribution in [-0.2, 0) is 11.2 Å². The van der Waals surface area contributed by atoms with Gasteiger partial charge in [0.1, 0.15) is 16.8 Å². The van der Waals surface area contributed by atoms with Crippen molar-refractivity contribution in [1.29, 1.82) is 0 Å². The van der Waals surface area contributed by atoms with E-state index in [-0.39, 0.29) is 12.5 Å². The van der Waals surface area contributed by atoms with Crippen LogP contribution in [0.3, 0.4) is 0 Å². The summed E-state index contributed by atoms with van der Waals surface area (Å²) in [6, 6.07) is 19.6. The number of likely N-dealkylation sites (tertiary alicyclic amines) is 1. The zero-order valence-corrected chi connectivity index (χ0v) is 19.9. The lowest BCUT2D eigenvalue weighted by Gasteiger charge is -2.32. The van der Waals surface area contributed by atoms with Gasteiger partial charge in [0, 0.05) is 18.7 Å². The van der Waals surface area contributed by atoms with Crippen molar-refractivity contribution in [2.45, 2.75) is 25.7 Å². The number of aryl methyl sites for hydroxylation is 1. The zero-order valence-electron chi connectivity index (χ0n) is 19.9. The maximum absolute atomic E-state index is 12.9. The normalized spacial score (nSPS) is 15.4. The molecule has 0 saturated carbocycles. The van der Waals surface area contributed by atoms with E-state index >= 15 is 0 Å². The summed E-state index contributed by atoms with van der Waals surface area (Å²) in [5.41, 5.74) is 4.48. The van der Waals surface area contributed by atoms with Crippen LogP contribution in [0.15, 0.2) is 65.3 Å². The van der Waals surface area contributed by atoms with Crippen molar-refractivity contribution < 1.29 is 23.6 Å². The van der Waals surface area contributed by atoms with E-state index in [0.29, 0.717) is 29.5 Å². The first-order chi connectivity index (χ1) is 17.7. The molecule has 4 aromatic rings. The van der Waals surface area contributed by atoms with E-state index in [0.717, 1.165) is 61.4 Å². The number of rotatable bonds is 7. The van der Waals surface area contributed by atoms with Crippen LogP contribution in [0.1, 0.15) is 24.8 Å². The van der Waals surface area contributed by atoms with E-state index in [4.69, 9.17) is 18.8 Å². The van der Waals surface area contributed by atoms with Crippen LogP contribution in [0.25, 0.3) is 22.2 Å². The minimum Gasteiger partial charge on any atom is -0.483 e. The Morgan fingerprint density at radius 2 is 1.78 bits per heavy atom. The molecule has 8 heteroatoms. The summed E-state index contributed by atoms with van der Waals surface area (Å²) in [6.45, 7) is 1.86. The molecular weight excluding hydrogens is 458 g/mol. The van der Waals surface area contributed by atoms with E-state index in [1.54, 1.807) is 0 Å². The molecule has 0 bridgehead atoms. The van der Waals surface area contributed by atoms with Crippen LogP contribution in [0, 0.1) is 5.92 Å². The third-order valence-corrected chi connectivity index (χ3v) is 7.05. The highest BCUT2D eigenvalue weighted by Crippen LogP contribution is 2.34. The number of piperidine rings is 1. The number of amides is 1. The van der Waals surface area contributed by atoms with E-state index < -0.39 is 0 Å². The molecule has 0 N–H and O–H groups in total. The molecule has 0 aliphatic carbocycles. The van der Waals surface area contributed by atoms with Crippen molar-refractivity contribution in [3.8, 4) is 28.4 Å². The van der Waals surface area contributed by atoms with Gasteiger partial charge in [-0.25, -0.2) is 4.63 Å². The summed E-state index contributed by atoms with van der Waals surface area (Å²) in [5.74, 6) is 2.96. The van der Waals surface area contributed by atoms with Crippen molar-refractivity contribution in [2.75, 3.05) is 26.5 Å². The van der Waals surface area contributed by atoms with E-state index in [9.17, 15) is 4.79 Å². The van der Waals surface area contributed by atoms with E-state index in [1.165, 1.54) is 5.56 Å². The van der Waals surface area contributed by atoms with Crippen LogP contribution >= 0.6 is 0 Å². The van der Waals surface area contributed by atoms with Gasteiger partial charge in [-0.2, -0.15) is 0 Å². The van der Waals surface area contributed by atoms with Crippen molar-refractivity contribution in [3.05, 3.63) is 66.2 Å². The predicted molar refractivity (Wildman–Crippen MR) is 133 cm³/mol. The summed E-state index contributed by atoms with van der Waals surface area (Å²) in [6.07, 6.45) is 4.14. The molecule has 8 nitrogen and oxygen atoms in total. The Morgan fingerprint density at radius 1 is 0.944 bits per heavy atom. The Morgan fingerprint density at radius 3 is 2.69 bits per heavy atom. The molecule has 6 rings (SSSR count). The van der Waals surface area contributed by atoms with Gasteiger partial charge >= 0.3 is 0 Å². The number of aromatic nitrogens is 2. The molecule has 184 valence electrons. The maximum Gasteiger partial charge on any atom is 0.260 e. The van der Waals surface area contributed by atoms with Gasteiger partial charge in [-0.05, 0) is 83.4 Å². The fourth-order valence-corrected chi connectivity index (χ4v) is 4.95. The van der Waals surface area contributed by atoms with Gasteiger partial charge in [-0.1, -0.05) is 30.3 Å². The molecule has 1 fully saturated rings. The maximum atomic E-state index is 12.9. The summed E-state index contributed by atoms with van der Waals surface area (Å²) >= 11 is 0. The smallest absolute Gasteiger partial charge is 0.260 e. The molecule has 3 heterocycles. The Bertz CT molecular complexity index is 1380. The Balaban J connectivity index is 1.01. The SMILES string of the molecule is O=C(COc1ccccc1-c1ccc2nonc2c1)N1CCC(CCc2ccc3c(c2)OCO3)CC1. The molecule has 1 amide bonds. The lowest BCUT2D eigenvalue weighted by atomic mass is 9.90. The second-order valence-corrected chi connectivity index (χ2v) is 9.30. The minimum atomic E-state index is 0.0205. The van der Waals surface area contributed by atoms with Crippen molar-refractivity contribution in [3.63, 3.8) is 0 Å². The van der Waals surface area contributed by atoms with Crippen molar-refractivity contribution in [2.24, 2.45) is 5.92 Å². The van der Waals surface area contributed by atoms with Crippen LogP contribution in [0.4, 0.5) is 0 Å². The van der Waals surface area contributed by atoms with E-state index in [2.05, 4.69) is 22.4 Å². The standard InChI is InChI=1S/C28H27N3O5/c32-28(17-33-25-4-2-1-3-22(25)21-8-9-23-24(16-21)30-36-29-23)31-13-11-19(12-14-31)5-6-20-7-10-26-27(15-20)35-18-34-26/h1-4,7-10,15-16,19H,5-6,11-14,17-18H2. The number of hydrogen-bond donors (Lipinski definition) is 0. The van der Waals surface area contributed by atoms with Crippen molar-refractivity contribution >= 4 is 16.9 Å². The van der Waals surface area contributed by atoms with Gasteiger partial charge in [0.15, 0.2) is 18.1 Å². The molecule has 0 unspecified atom stereocenters. The third-order valence-electron chi connectivity index (χ3n) is 7.05. The second-order valence-electron chi connectivity index (χ2n) is 9.30. The Labute approximate surface area is 208 Å². The molecule has 2 aliphatic heterocycles. The molecule has 36 heavy (non-hydrogen) atoms. The Kier molecular flexibility index (Phi) is 6.15. The van der Waals surface area contributed by atoms with Crippen LogP contribution in [-0.4, -0.2) is 47.6 Å². The van der Waals surface area contributed by atoms with Crippen LogP contribution in [0.2, 0.25) is 0 Å². The number of carbonyl (C=O) groups is 1. The van der Waals surface area contributed by atoms with Gasteiger partial charge in [-0.15, -0.1) is 0 Å². The fourth-order valence-electron chi connectivity index (χ4n) is 4.95. The number of ether oxygens (including phenoxy) is 3. The number of benzene rings is 3. The van der Waals surface area contributed by atoms with Gasteiger partial charge in [0.2, 0.25) is 6.79 Å². The van der Waals surface area contributed by atoms with Crippen LogP contribution < -0.4 is 14.2 Å². The largest absolute Gasteiger partial charge is 0.483 e. The van der Waals surface area contributed by atoms with Crippen LogP contribution in [0.5, 0.6) is 17.2 Å². The first-order valence-electron chi connectivity index (χ1n) is 12.3. The van der Waals surface area contributed by atoms with Gasteiger partial charge in [0.05, 0.1) is 0 Å². The lowest BCUT2D eigenvalue weighted by Crippen LogP contribution is -2.41. The highest BCUT2D eigenvalue weighted by molar-refractivity contribution is 5.83. The highest BCUT2D eigenvalue weighted by Gasteiger charge is 2.23. The van der Waals surface area contributed by atoms with Crippen molar-refractivity contribution in [1.82, 2.24) is 15.2 Å². The minimum absolute atomic E-state index is 0.0205. The van der Waals surface area contributed by atoms with Gasteiger partial charge < -0.3 is 19.1 Å². The summed E-state index contributed by atoms with van der Waals surface area (Å²) in [5, 5.41) is 7.78. The average molecular weight is 486 g/mol. The first kappa shape index (κ1) is 22.4. The lowest BCUT2D eigenvalue weighted by molar-refractivity contribution is -0.134. The van der Waals surface area contributed by atoms with Gasteiger partial charge in [0.25, 0.3) is 5.91 Å². The third kappa shape index (κ3) is 4.71. The summed E-state index contributed by atoms with van der Waals surface area (Å²) in [4.78, 5) is 14.8. The molecule has 0 radical (unpaired) electrons. The first-order valence-corrected chi connectivity index (χ1v) is 12.3. The zero-order chi connectivity index (χ0) is 24.3. The molecular formula is C28H27N3O5. The van der Waals surface area contributed by atoms with E-state index in [1.807, 2.05) is 53.4 Å². The van der Waals surface area contributed by atoms with Gasteiger partial charge in [-0.3, -0.25) is 4.79 Å². The monoisotopic (exact) mass is 485 g/mol. The number of hydrogen-bond acceptors (Lipinski definition) is 7. The fraction of sp³-hybridized carbons (Fsp3) is 0.321. The second kappa shape index (κ2) is 9.89. The number of carbonyl (C=O) groups excluding carboxylic acids is 1. The molecule has 1 saturated heterocycles. The number of para-hydroxylation sites is 1. The number of fused-ring (bicyclic) bond motifs is 2. The number of nitrogens with zero attached hydrogens (tertiary/aromatic N) is 3. The topological polar surface area (TPSA) is 86.9 Å². The molecule has 0 atom stereocenters. The predicted octanol–water partition coefficient (Wildman–Crippen LogP) is 4.87. The summed E-state index contributed by atoms with van der Waals surface area (Å²) < 4.78 is 21.7. The molecule has 1 aromatic heterocycles.